The van der Waals surface area contributed by atoms with E-state index < -0.39 is 0 Å². The number of halogens is 1. The minimum absolute atomic E-state index is 0.182. The fourth-order valence-electron chi connectivity index (χ4n) is 1.68. The molecule has 1 N–H and O–H groups in total. The van der Waals surface area contributed by atoms with Gasteiger partial charge in [0, 0.05) is 24.2 Å². The number of nitrogens with one attached hydrogen (secondary N) is 1. The molecule has 106 valence electrons. The van der Waals surface area contributed by atoms with Gasteiger partial charge < -0.3 is 14.7 Å². The lowest BCUT2D eigenvalue weighted by Gasteiger charge is -2.17. The fraction of sp³-hybridized carbons (Fsp3) is 0.308. The number of nitrogens with zero attached hydrogens (tertiary/aromatic N) is 3. The molecule has 0 saturated carbocycles. The molecule has 2 aromatic rings. The number of carbonyl (C=O) groups excluding carboxylic acids is 1. The minimum Gasteiger partial charge on any atom is -0.341 e. The smallest absolute Gasteiger partial charge is 0.317 e. The molecular weight excluding hydrogens is 280 g/mol. The molecule has 0 unspecified atom stereocenters. The van der Waals surface area contributed by atoms with Crippen molar-refractivity contribution in [2.45, 2.75) is 13.5 Å². The van der Waals surface area contributed by atoms with Gasteiger partial charge in [0.2, 0.25) is 11.7 Å². The van der Waals surface area contributed by atoms with Crippen LogP contribution in [0.1, 0.15) is 12.8 Å². The van der Waals surface area contributed by atoms with E-state index in [0.29, 0.717) is 23.3 Å². The van der Waals surface area contributed by atoms with Crippen LogP contribution in [0.4, 0.5) is 4.79 Å². The maximum Gasteiger partial charge on any atom is 0.317 e. The van der Waals surface area contributed by atoms with Crippen molar-refractivity contribution in [2.24, 2.45) is 0 Å². The molecule has 0 bridgehead atoms. The lowest BCUT2D eigenvalue weighted by molar-refractivity contribution is 0.192. The van der Waals surface area contributed by atoms with Crippen LogP contribution in [-0.4, -0.2) is 34.7 Å². The summed E-state index contributed by atoms with van der Waals surface area (Å²) in [4.78, 5) is 17.4. The largest absolute Gasteiger partial charge is 0.341 e. The van der Waals surface area contributed by atoms with Gasteiger partial charge in [-0.2, -0.15) is 4.98 Å². The molecular formula is C13H15ClN4O2. The maximum absolute atomic E-state index is 11.6. The van der Waals surface area contributed by atoms with Crippen molar-refractivity contribution in [3.05, 3.63) is 35.2 Å². The Morgan fingerprint density at radius 3 is 2.70 bits per heavy atom. The third kappa shape index (κ3) is 3.27. The highest BCUT2D eigenvalue weighted by Crippen LogP contribution is 2.19. The number of amides is 2. The summed E-state index contributed by atoms with van der Waals surface area (Å²) in [5.41, 5.74) is 0.812. The number of aromatic nitrogens is 2. The van der Waals surface area contributed by atoms with Crippen molar-refractivity contribution in [1.29, 1.82) is 0 Å². The summed E-state index contributed by atoms with van der Waals surface area (Å²) in [7, 11) is 1.58. The third-order valence-corrected chi connectivity index (χ3v) is 3.03. The van der Waals surface area contributed by atoms with Crippen molar-refractivity contribution < 1.29 is 9.32 Å². The van der Waals surface area contributed by atoms with Gasteiger partial charge in [-0.15, -0.1) is 0 Å². The second-order valence-corrected chi connectivity index (χ2v) is 4.52. The van der Waals surface area contributed by atoms with E-state index in [1.54, 1.807) is 24.1 Å². The molecule has 20 heavy (non-hydrogen) atoms. The first kappa shape index (κ1) is 14.3. The maximum atomic E-state index is 11.6. The van der Waals surface area contributed by atoms with Gasteiger partial charge in [-0.25, -0.2) is 4.79 Å². The van der Waals surface area contributed by atoms with E-state index in [-0.39, 0.29) is 12.6 Å². The van der Waals surface area contributed by atoms with E-state index in [1.165, 1.54) is 0 Å². The Kier molecular flexibility index (Phi) is 4.57. The number of urea groups is 1. The van der Waals surface area contributed by atoms with Crippen molar-refractivity contribution >= 4 is 17.6 Å². The number of hydrogen-bond donors (Lipinski definition) is 1. The average Bonchev–Trinajstić information content (AvgIpc) is 2.93. The van der Waals surface area contributed by atoms with Crippen LogP contribution in [0, 0.1) is 0 Å². The quantitative estimate of drug-likeness (QED) is 0.940. The zero-order valence-electron chi connectivity index (χ0n) is 11.3. The molecule has 0 spiro atoms. The normalized spacial score (nSPS) is 10.3. The third-order valence-electron chi connectivity index (χ3n) is 2.78. The summed E-state index contributed by atoms with van der Waals surface area (Å²) in [6.45, 7) is 2.71. The van der Waals surface area contributed by atoms with Crippen LogP contribution >= 0.6 is 11.6 Å². The van der Waals surface area contributed by atoms with E-state index in [0.717, 1.165) is 5.56 Å². The lowest BCUT2D eigenvalue weighted by atomic mass is 10.2. The zero-order chi connectivity index (χ0) is 14.5. The molecule has 0 aliphatic carbocycles. The number of rotatable bonds is 4. The Bertz CT molecular complexity index is 582. The highest BCUT2D eigenvalue weighted by Gasteiger charge is 2.15. The van der Waals surface area contributed by atoms with Gasteiger partial charge in [-0.1, -0.05) is 16.8 Å². The van der Waals surface area contributed by atoms with Crippen LogP contribution in [0.5, 0.6) is 0 Å². The summed E-state index contributed by atoms with van der Waals surface area (Å²) < 4.78 is 5.16. The standard InChI is InChI=1S/C13H15ClN4O2/c1-3-18(13(19)15-2)8-11-16-12(17-20-11)9-4-6-10(14)7-5-9/h4-7H,3,8H2,1-2H3,(H,15,19). The summed E-state index contributed by atoms with van der Waals surface area (Å²) in [6, 6.07) is 6.96. The molecule has 0 aliphatic heterocycles. The summed E-state index contributed by atoms with van der Waals surface area (Å²) in [6.07, 6.45) is 0. The number of hydrogen-bond acceptors (Lipinski definition) is 4. The van der Waals surface area contributed by atoms with E-state index in [2.05, 4.69) is 15.5 Å². The zero-order valence-corrected chi connectivity index (χ0v) is 12.0. The molecule has 0 fully saturated rings. The summed E-state index contributed by atoms with van der Waals surface area (Å²) in [5, 5.41) is 7.11. The van der Waals surface area contributed by atoms with Gasteiger partial charge in [0.05, 0.1) is 0 Å². The Morgan fingerprint density at radius 2 is 2.10 bits per heavy atom. The SMILES string of the molecule is CCN(Cc1nc(-c2ccc(Cl)cc2)no1)C(=O)NC. The molecule has 1 aromatic heterocycles. The van der Waals surface area contributed by atoms with Gasteiger partial charge in [0.25, 0.3) is 0 Å². The van der Waals surface area contributed by atoms with Crippen molar-refractivity contribution in [1.82, 2.24) is 20.4 Å². The monoisotopic (exact) mass is 294 g/mol. The molecule has 0 saturated heterocycles. The van der Waals surface area contributed by atoms with Crippen molar-refractivity contribution in [2.75, 3.05) is 13.6 Å². The number of benzene rings is 1. The van der Waals surface area contributed by atoms with Crippen LogP contribution < -0.4 is 5.32 Å². The molecule has 1 aromatic carbocycles. The first-order chi connectivity index (χ1) is 9.63. The summed E-state index contributed by atoms with van der Waals surface area (Å²) >= 11 is 5.83. The Labute approximate surface area is 121 Å². The molecule has 0 radical (unpaired) electrons. The molecule has 0 aliphatic rings. The van der Waals surface area contributed by atoms with E-state index in [9.17, 15) is 4.79 Å². The van der Waals surface area contributed by atoms with Crippen LogP contribution in [-0.2, 0) is 6.54 Å². The van der Waals surface area contributed by atoms with Gasteiger partial charge in [-0.3, -0.25) is 0 Å². The Hall–Kier alpha value is -2.08. The van der Waals surface area contributed by atoms with Crippen LogP contribution in [0.2, 0.25) is 5.02 Å². The number of carbonyl (C=O) groups is 1. The van der Waals surface area contributed by atoms with Crippen LogP contribution in [0.15, 0.2) is 28.8 Å². The van der Waals surface area contributed by atoms with E-state index >= 15 is 0 Å². The second-order valence-electron chi connectivity index (χ2n) is 4.09. The highest BCUT2D eigenvalue weighted by atomic mass is 35.5. The molecule has 2 amide bonds. The second kappa shape index (κ2) is 6.38. The Balaban J connectivity index is 2.12. The topological polar surface area (TPSA) is 71.3 Å². The fourth-order valence-corrected chi connectivity index (χ4v) is 1.81. The average molecular weight is 295 g/mol. The Morgan fingerprint density at radius 1 is 1.40 bits per heavy atom. The molecule has 1 heterocycles. The van der Waals surface area contributed by atoms with Crippen LogP contribution in [0.25, 0.3) is 11.4 Å². The van der Waals surface area contributed by atoms with E-state index in [4.69, 9.17) is 16.1 Å². The highest BCUT2D eigenvalue weighted by molar-refractivity contribution is 6.30. The first-order valence-corrected chi connectivity index (χ1v) is 6.57. The van der Waals surface area contributed by atoms with Gasteiger partial charge >= 0.3 is 6.03 Å². The predicted molar refractivity (Wildman–Crippen MR) is 75.3 cm³/mol. The summed E-state index contributed by atoms with van der Waals surface area (Å²) in [5.74, 6) is 0.866. The molecule has 0 atom stereocenters. The van der Waals surface area contributed by atoms with Gasteiger partial charge in [-0.05, 0) is 31.2 Å². The van der Waals surface area contributed by atoms with Gasteiger partial charge in [0.15, 0.2) is 0 Å². The van der Waals surface area contributed by atoms with Gasteiger partial charge in [0.1, 0.15) is 6.54 Å². The lowest BCUT2D eigenvalue weighted by Crippen LogP contribution is -2.37. The van der Waals surface area contributed by atoms with E-state index in [1.807, 2.05) is 19.1 Å². The molecule has 6 nitrogen and oxygen atoms in total. The predicted octanol–water partition coefficient (Wildman–Crippen LogP) is 2.55. The molecule has 2 rings (SSSR count). The van der Waals surface area contributed by atoms with Crippen molar-refractivity contribution in [3.63, 3.8) is 0 Å². The molecule has 7 heteroatoms. The van der Waals surface area contributed by atoms with Crippen molar-refractivity contribution in [3.8, 4) is 11.4 Å². The van der Waals surface area contributed by atoms with Crippen LogP contribution in [0.3, 0.4) is 0 Å². The minimum atomic E-state index is -0.182. The first-order valence-electron chi connectivity index (χ1n) is 6.19.